The number of anilines is 2. The molecule has 0 atom stereocenters. The van der Waals surface area contributed by atoms with Gasteiger partial charge in [0.25, 0.3) is 11.8 Å². The highest BCUT2D eigenvalue weighted by molar-refractivity contribution is 6.13. The van der Waals surface area contributed by atoms with Crippen molar-refractivity contribution in [3.05, 3.63) is 105 Å². The van der Waals surface area contributed by atoms with E-state index < -0.39 is 17.8 Å². The van der Waals surface area contributed by atoms with Gasteiger partial charge in [0.1, 0.15) is 0 Å². The predicted molar refractivity (Wildman–Crippen MR) is 223 cm³/mol. The van der Waals surface area contributed by atoms with Gasteiger partial charge in [0.05, 0.1) is 18.7 Å². The second kappa shape index (κ2) is 16.6. The Morgan fingerprint density at radius 1 is 0.727 bits per heavy atom. The van der Waals surface area contributed by atoms with Crippen molar-refractivity contribution in [2.45, 2.75) is 130 Å². The fraction of sp³-hybridized carbons (Fsp3) is 0.489. The van der Waals surface area contributed by atoms with E-state index in [0.29, 0.717) is 5.06 Å². The summed E-state index contributed by atoms with van der Waals surface area (Å²) in [5, 5.41) is 0.616. The molecule has 1 aliphatic carbocycles. The number of allylic oxidation sites excluding steroid dienone is 8. The molecule has 4 aliphatic rings. The van der Waals surface area contributed by atoms with Crippen LogP contribution in [0.2, 0.25) is 0 Å². The Balaban J connectivity index is 1.38. The van der Waals surface area contributed by atoms with E-state index in [-0.39, 0.29) is 36.6 Å². The smallest absolute Gasteiger partial charge is 0.335 e. The molecular formula is C47H60N4O4. The van der Waals surface area contributed by atoms with Crippen molar-refractivity contribution in [2.75, 3.05) is 29.4 Å². The molecule has 1 saturated carbocycles. The van der Waals surface area contributed by atoms with Crippen LogP contribution in [0.3, 0.4) is 0 Å². The van der Waals surface area contributed by atoms with Gasteiger partial charge >= 0.3 is 5.97 Å². The highest BCUT2D eigenvalue weighted by Gasteiger charge is 2.41. The van der Waals surface area contributed by atoms with Gasteiger partial charge in [0, 0.05) is 59.5 Å². The van der Waals surface area contributed by atoms with Crippen molar-refractivity contribution < 1.29 is 19.2 Å². The van der Waals surface area contributed by atoms with E-state index in [1.807, 2.05) is 0 Å². The molecule has 3 aliphatic heterocycles. The number of unbranched alkanes of at least 4 members (excludes halogenated alkanes) is 2. The number of aliphatic imine (C=N–C) groups is 1. The Bertz CT molecular complexity index is 1870. The summed E-state index contributed by atoms with van der Waals surface area (Å²) in [7, 11) is 0. The van der Waals surface area contributed by atoms with Gasteiger partial charge in [-0.2, -0.15) is 0 Å². The number of hydroxylamine groups is 2. The Morgan fingerprint density at radius 3 is 1.65 bits per heavy atom. The Labute approximate surface area is 328 Å². The molecule has 0 aromatic heterocycles. The minimum absolute atomic E-state index is 0.0394. The Morgan fingerprint density at radius 2 is 1.20 bits per heavy atom. The van der Waals surface area contributed by atoms with Gasteiger partial charge in [0.2, 0.25) is 0 Å². The second-order valence-corrected chi connectivity index (χ2v) is 16.7. The number of hydrogen-bond donors (Lipinski definition) is 0. The average Bonchev–Trinajstić information content (AvgIpc) is 3.65. The molecule has 8 heteroatoms. The molecule has 2 aromatic carbocycles. The molecule has 8 nitrogen and oxygen atoms in total. The number of aryl methyl sites for hydroxylation is 2. The zero-order valence-electron chi connectivity index (χ0n) is 34.4. The number of benzene rings is 2. The Kier molecular flexibility index (Phi) is 12.0. The van der Waals surface area contributed by atoms with E-state index in [9.17, 15) is 14.4 Å². The van der Waals surface area contributed by atoms with Crippen molar-refractivity contribution in [1.82, 2.24) is 5.06 Å². The predicted octanol–water partition coefficient (Wildman–Crippen LogP) is 10.0. The summed E-state index contributed by atoms with van der Waals surface area (Å²) in [5.41, 5.74) is 13.2. The maximum Gasteiger partial charge on any atom is 0.335 e. The first-order chi connectivity index (χ1) is 26.3. The van der Waals surface area contributed by atoms with E-state index in [1.165, 1.54) is 45.0 Å². The number of hydrogen-bond acceptors (Lipinski definition) is 7. The van der Waals surface area contributed by atoms with Crippen LogP contribution in [-0.2, 0) is 30.1 Å². The number of amides is 2. The standard InChI is InChI=1S/C47H60N4O4/c1-9-11-28-49-38-20-16-32(3)30-36(38)46(5,6)40(49)22-18-34-14-13-15-35(45(34)48-27-26-44(54)55-51-42(52)24-25-43(51)53)19-23-41-47(7,8)37-31-33(4)17-21-39(37)50(41)29-12-10-2/h16-23,30-31H,9-15,24-29H2,1-8H3/b34-18+,35-19?,40-22-,41-23?,48-45?. The lowest BCUT2D eigenvalue weighted by Gasteiger charge is -2.28. The van der Waals surface area contributed by atoms with Crippen LogP contribution in [0.1, 0.15) is 128 Å². The highest BCUT2D eigenvalue weighted by Crippen LogP contribution is 2.49. The number of nitrogens with zero attached hydrogens (tertiary/aromatic N) is 4. The molecule has 0 N–H and O–H groups in total. The lowest BCUT2D eigenvalue weighted by molar-refractivity contribution is -0.197. The molecule has 0 radical (unpaired) electrons. The van der Waals surface area contributed by atoms with Gasteiger partial charge in [-0.1, -0.05) is 102 Å². The van der Waals surface area contributed by atoms with Crippen LogP contribution in [-0.4, -0.2) is 48.2 Å². The molecule has 0 unspecified atom stereocenters. The normalized spacial score (nSPS) is 22.5. The molecule has 2 aromatic rings. The molecule has 55 heavy (non-hydrogen) atoms. The second-order valence-electron chi connectivity index (χ2n) is 16.7. The van der Waals surface area contributed by atoms with E-state index in [0.717, 1.165) is 74.9 Å². The van der Waals surface area contributed by atoms with Crippen LogP contribution in [0.15, 0.2) is 88.2 Å². The molecule has 2 fully saturated rings. The zero-order chi connectivity index (χ0) is 39.5. The van der Waals surface area contributed by atoms with Crippen molar-refractivity contribution in [2.24, 2.45) is 4.99 Å². The number of carbonyl (C=O) groups excluding carboxylic acids is 3. The topological polar surface area (TPSA) is 82.5 Å². The van der Waals surface area contributed by atoms with Crippen molar-refractivity contribution >= 4 is 34.9 Å². The quantitative estimate of drug-likeness (QED) is 0.201. The minimum Gasteiger partial charge on any atom is -0.344 e. The molecule has 1 saturated heterocycles. The largest absolute Gasteiger partial charge is 0.344 e. The first-order valence-corrected chi connectivity index (χ1v) is 20.5. The van der Waals surface area contributed by atoms with Crippen LogP contribution in [0, 0.1) is 13.8 Å². The molecule has 292 valence electrons. The number of carbonyl (C=O) groups is 3. The molecular weight excluding hydrogens is 685 g/mol. The molecule has 2 amide bonds. The van der Waals surface area contributed by atoms with Gasteiger partial charge in [-0.3, -0.25) is 14.6 Å². The summed E-state index contributed by atoms with van der Waals surface area (Å²) >= 11 is 0. The van der Waals surface area contributed by atoms with E-state index in [1.54, 1.807) is 0 Å². The maximum absolute atomic E-state index is 12.8. The number of imide groups is 1. The molecule has 0 bridgehead atoms. The summed E-state index contributed by atoms with van der Waals surface area (Å²) in [6.45, 7) is 20.2. The fourth-order valence-electron chi connectivity index (χ4n) is 8.56. The third-order valence-corrected chi connectivity index (χ3v) is 11.7. The summed E-state index contributed by atoms with van der Waals surface area (Å²) in [6, 6.07) is 13.6. The Hall–Kier alpha value is -4.72. The molecule has 0 spiro atoms. The monoisotopic (exact) mass is 744 g/mol. The van der Waals surface area contributed by atoms with Crippen molar-refractivity contribution in [3.8, 4) is 0 Å². The SMILES string of the molecule is CCCCN1C(=CC=C2CCC/C(=C\C=C3/N(CCCC)c4ccc(C)cc4C3(C)C)C2=NCCC(=O)ON2C(=O)CCC2=O)C(C)(C)c2cc(C)ccc21. The third-order valence-electron chi connectivity index (χ3n) is 11.7. The zero-order valence-corrected chi connectivity index (χ0v) is 34.4. The molecule has 6 rings (SSSR count). The van der Waals surface area contributed by atoms with Crippen molar-refractivity contribution in [1.29, 1.82) is 0 Å². The fourth-order valence-corrected chi connectivity index (χ4v) is 8.56. The number of fused-ring (bicyclic) bond motifs is 2. The summed E-state index contributed by atoms with van der Waals surface area (Å²) in [6.07, 6.45) is 16.4. The van der Waals surface area contributed by atoms with Crippen molar-refractivity contribution in [3.63, 3.8) is 0 Å². The maximum atomic E-state index is 12.8. The number of rotatable bonds is 12. The van der Waals surface area contributed by atoms with Gasteiger partial charge in [-0.25, -0.2) is 4.79 Å². The van der Waals surface area contributed by atoms with Crippen LogP contribution in [0.25, 0.3) is 0 Å². The lowest BCUT2D eigenvalue weighted by Crippen LogP contribution is -2.32. The van der Waals surface area contributed by atoms with E-state index in [4.69, 9.17) is 9.83 Å². The van der Waals surface area contributed by atoms with E-state index >= 15 is 0 Å². The first-order valence-electron chi connectivity index (χ1n) is 20.5. The average molecular weight is 745 g/mol. The van der Waals surface area contributed by atoms with Gasteiger partial charge in [-0.15, -0.1) is 5.06 Å². The van der Waals surface area contributed by atoms with Crippen LogP contribution in [0.5, 0.6) is 0 Å². The summed E-state index contributed by atoms with van der Waals surface area (Å²) in [5.74, 6) is -1.59. The van der Waals surface area contributed by atoms with Gasteiger partial charge < -0.3 is 14.6 Å². The van der Waals surface area contributed by atoms with E-state index in [2.05, 4.69) is 126 Å². The minimum atomic E-state index is -0.635. The van der Waals surface area contributed by atoms with Crippen LogP contribution < -0.4 is 9.80 Å². The molecule has 3 heterocycles. The highest BCUT2D eigenvalue weighted by atomic mass is 16.7. The summed E-state index contributed by atoms with van der Waals surface area (Å²) < 4.78 is 0. The first kappa shape index (κ1) is 40.0. The van der Waals surface area contributed by atoms with Crippen LogP contribution in [0.4, 0.5) is 11.4 Å². The lowest BCUT2D eigenvalue weighted by atomic mass is 9.82. The van der Waals surface area contributed by atoms with Gasteiger partial charge in [-0.05, 0) is 92.5 Å². The van der Waals surface area contributed by atoms with Gasteiger partial charge in [0.15, 0.2) is 0 Å². The third kappa shape index (κ3) is 8.15. The summed E-state index contributed by atoms with van der Waals surface area (Å²) in [4.78, 5) is 52.3. The van der Waals surface area contributed by atoms with Crippen LogP contribution >= 0.6 is 0 Å².